The van der Waals surface area contributed by atoms with Gasteiger partial charge in [-0.1, -0.05) is 18.0 Å². The van der Waals surface area contributed by atoms with E-state index >= 15 is 0 Å². The lowest BCUT2D eigenvalue weighted by Crippen LogP contribution is -2.30. The Hall–Kier alpha value is -1.36. The number of nitrogens with zero attached hydrogens (tertiary/aromatic N) is 2. The predicted molar refractivity (Wildman–Crippen MR) is 59.4 cm³/mol. The molecular formula is C10H12ClN3O2. The van der Waals surface area contributed by atoms with Crippen molar-refractivity contribution in [3.8, 4) is 0 Å². The van der Waals surface area contributed by atoms with Crippen LogP contribution in [0.15, 0.2) is 12.4 Å². The molecule has 0 bridgehead atoms. The minimum Gasteiger partial charge on any atom is -0.481 e. The first kappa shape index (κ1) is 11.1. The number of aromatic nitrogens is 2. The standard InChI is InChI=1S/C10H12ClN3O2/c11-6-4-12-10(13-5-6)14-8-3-1-2-7(8)9(15)16/h4-5,7-8H,1-3H2,(H,15,16)(H,12,13,14)/t7-,8+/m1/s1. The van der Waals surface area contributed by atoms with E-state index in [1.807, 2.05) is 0 Å². The molecule has 1 aliphatic carbocycles. The molecule has 86 valence electrons. The number of hydrogen-bond acceptors (Lipinski definition) is 4. The van der Waals surface area contributed by atoms with Crippen LogP contribution < -0.4 is 5.32 Å². The van der Waals surface area contributed by atoms with Crippen molar-refractivity contribution in [1.29, 1.82) is 0 Å². The Bertz CT molecular complexity index is 382. The van der Waals surface area contributed by atoms with Crippen molar-refractivity contribution >= 4 is 23.5 Å². The minimum atomic E-state index is -0.760. The van der Waals surface area contributed by atoms with Crippen molar-refractivity contribution in [3.05, 3.63) is 17.4 Å². The van der Waals surface area contributed by atoms with Gasteiger partial charge >= 0.3 is 5.97 Å². The molecule has 0 saturated heterocycles. The maximum atomic E-state index is 11.0. The average Bonchev–Trinajstić information content (AvgIpc) is 2.69. The van der Waals surface area contributed by atoms with Crippen LogP contribution in [-0.4, -0.2) is 27.1 Å². The molecule has 1 aromatic heterocycles. The van der Waals surface area contributed by atoms with Crippen LogP contribution in [-0.2, 0) is 4.79 Å². The molecule has 0 unspecified atom stereocenters. The van der Waals surface area contributed by atoms with Gasteiger partial charge < -0.3 is 10.4 Å². The quantitative estimate of drug-likeness (QED) is 0.844. The molecule has 1 fully saturated rings. The molecule has 5 nitrogen and oxygen atoms in total. The predicted octanol–water partition coefficient (Wildman–Crippen LogP) is 1.80. The Labute approximate surface area is 97.9 Å². The van der Waals surface area contributed by atoms with Gasteiger partial charge in [-0.15, -0.1) is 0 Å². The molecule has 0 aromatic carbocycles. The van der Waals surface area contributed by atoms with E-state index < -0.39 is 5.97 Å². The van der Waals surface area contributed by atoms with Crippen LogP contribution in [0.2, 0.25) is 5.02 Å². The van der Waals surface area contributed by atoms with Crippen molar-refractivity contribution in [2.45, 2.75) is 25.3 Å². The normalized spacial score (nSPS) is 24.3. The lowest BCUT2D eigenvalue weighted by Gasteiger charge is -2.17. The van der Waals surface area contributed by atoms with E-state index in [9.17, 15) is 4.79 Å². The van der Waals surface area contributed by atoms with Crippen LogP contribution in [0.1, 0.15) is 19.3 Å². The summed E-state index contributed by atoms with van der Waals surface area (Å²) in [4.78, 5) is 18.9. The van der Waals surface area contributed by atoms with Crippen molar-refractivity contribution in [1.82, 2.24) is 9.97 Å². The summed E-state index contributed by atoms with van der Waals surface area (Å²) >= 11 is 5.66. The molecule has 1 heterocycles. The molecular weight excluding hydrogens is 230 g/mol. The van der Waals surface area contributed by atoms with E-state index in [1.54, 1.807) is 0 Å². The van der Waals surface area contributed by atoms with Gasteiger partial charge in [0, 0.05) is 6.04 Å². The van der Waals surface area contributed by atoms with E-state index in [0.717, 1.165) is 12.8 Å². The lowest BCUT2D eigenvalue weighted by molar-refractivity contribution is -0.141. The van der Waals surface area contributed by atoms with E-state index in [-0.39, 0.29) is 12.0 Å². The van der Waals surface area contributed by atoms with Gasteiger partial charge in [0.25, 0.3) is 0 Å². The zero-order valence-electron chi connectivity index (χ0n) is 8.56. The number of rotatable bonds is 3. The fourth-order valence-electron chi connectivity index (χ4n) is 1.98. The fraction of sp³-hybridized carbons (Fsp3) is 0.500. The Morgan fingerprint density at radius 1 is 1.44 bits per heavy atom. The maximum absolute atomic E-state index is 11.0. The lowest BCUT2D eigenvalue weighted by atomic mass is 10.0. The van der Waals surface area contributed by atoms with Gasteiger partial charge in [-0.25, -0.2) is 9.97 Å². The summed E-state index contributed by atoms with van der Waals surface area (Å²) in [5.74, 6) is -0.675. The number of carboxylic acids is 1. The summed E-state index contributed by atoms with van der Waals surface area (Å²) in [5.41, 5.74) is 0. The van der Waals surface area contributed by atoms with Gasteiger partial charge in [0.2, 0.25) is 5.95 Å². The summed E-state index contributed by atoms with van der Waals surface area (Å²) in [6.45, 7) is 0. The van der Waals surface area contributed by atoms with Crippen LogP contribution in [0.4, 0.5) is 5.95 Å². The van der Waals surface area contributed by atoms with Crippen molar-refractivity contribution in [3.63, 3.8) is 0 Å². The third-order valence-corrected chi connectivity index (χ3v) is 2.96. The maximum Gasteiger partial charge on any atom is 0.308 e. The second-order valence-corrected chi connectivity index (χ2v) is 4.29. The highest BCUT2D eigenvalue weighted by Gasteiger charge is 2.33. The number of carbonyl (C=O) groups is 1. The SMILES string of the molecule is O=C(O)[C@@H]1CCC[C@@H]1Nc1ncc(Cl)cn1. The zero-order valence-corrected chi connectivity index (χ0v) is 9.31. The van der Waals surface area contributed by atoms with E-state index in [1.165, 1.54) is 12.4 Å². The molecule has 1 aromatic rings. The third kappa shape index (κ3) is 2.41. The number of hydrogen-bond donors (Lipinski definition) is 2. The number of carboxylic acid groups (broad SMARTS) is 1. The van der Waals surface area contributed by atoms with Crippen LogP contribution in [0, 0.1) is 5.92 Å². The van der Waals surface area contributed by atoms with E-state index in [4.69, 9.17) is 16.7 Å². The van der Waals surface area contributed by atoms with Crippen LogP contribution in [0.3, 0.4) is 0 Å². The fourth-order valence-corrected chi connectivity index (χ4v) is 2.08. The molecule has 6 heteroatoms. The smallest absolute Gasteiger partial charge is 0.308 e. The molecule has 16 heavy (non-hydrogen) atoms. The molecule has 1 aliphatic rings. The molecule has 2 atom stereocenters. The summed E-state index contributed by atoms with van der Waals surface area (Å²) in [7, 11) is 0. The minimum absolute atomic E-state index is 0.0846. The topological polar surface area (TPSA) is 75.1 Å². The van der Waals surface area contributed by atoms with Gasteiger partial charge in [0.15, 0.2) is 0 Å². The van der Waals surface area contributed by atoms with Crippen molar-refractivity contribution in [2.24, 2.45) is 5.92 Å². The Morgan fingerprint density at radius 3 is 2.75 bits per heavy atom. The highest BCUT2D eigenvalue weighted by molar-refractivity contribution is 6.30. The largest absolute Gasteiger partial charge is 0.481 e. The monoisotopic (exact) mass is 241 g/mol. The molecule has 0 spiro atoms. The van der Waals surface area contributed by atoms with Crippen molar-refractivity contribution in [2.75, 3.05) is 5.32 Å². The second-order valence-electron chi connectivity index (χ2n) is 3.85. The van der Waals surface area contributed by atoms with E-state index in [0.29, 0.717) is 17.4 Å². The first-order valence-corrected chi connectivity index (χ1v) is 5.51. The van der Waals surface area contributed by atoms with Crippen LogP contribution >= 0.6 is 11.6 Å². The molecule has 0 radical (unpaired) electrons. The van der Waals surface area contributed by atoms with Gasteiger partial charge in [-0.3, -0.25) is 4.79 Å². The molecule has 0 aliphatic heterocycles. The summed E-state index contributed by atoms with van der Waals surface area (Å²) < 4.78 is 0. The third-order valence-electron chi connectivity index (χ3n) is 2.77. The average molecular weight is 242 g/mol. The van der Waals surface area contributed by atoms with Gasteiger partial charge in [-0.05, 0) is 12.8 Å². The summed E-state index contributed by atoms with van der Waals surface area (Å²) in [6.07, 6.45) is 5.44. The van der Waals surface area contributed by atoms with Crippen LogP contribution in [0.25, 0.3) is 0 Å². The Kier molecular flexibility index (Phi) is 3.24. The number of aliphatic carboxylic acids is 1. The first-order chi connectivity index (χ1) is 7.66. The number of nitrogens with one attached hydrogen (secondary N) is 1. The number of anilines is 1. The first-order valence-electron chi connectivity index (χ1n) is 5.13. The Balaban J connectivity index is 2.03. The van der Waals surface area contributed by atoms with Crippen molar-refractivity contribution < 1.29 is 9.90 Å². The van der Waals surface area contributed by atoms with Crippen LogP contribution in [0.5, 0.6) is 0 Å². The Morgan fingerprint density at radius 2 is 2.12 bits per heavy atom. The summed E-state index contributed by atoms with van der Waals surface area (Å²) in [5, 5.41) is 12.5. The molecule has 1 saturated carbocycles. The molecule has 0 amide bonds. The van der Waals surface area contributed by atoms with Gasteiger partial charge in [0.05, 0.1) is 23.3 Å². The molecule has 2 N–H and O–H groups in total. The summed E-state index contributed by atoms with van der Waals surface area (Å²) in [6, 6.07) is -0.0846. The zero-order chi connectivity index (χ0) is 11.5. The highest BCUT2D eigenvalue weighted by atomic mass is 35.5. The van der Waals surface area contributed by atoms with Gasteiger partial charge in [0.1, 0.15) is 0 Å². The highest BCUT2D eigenvalue weighted by Crippen LogP contribution is 2.27. The van der Waals surface area contributed by atoms with Gasteiger partial charge in [-0.2, -0.15) is 0 Å². The second kappa shape index (κ2) is 4.65. The number of halogens is 1. The molecule has 2 rings (SSSR count). The van der Waals surface area contributed by atoms with E-state index in [2.05, 4.69) is 15.3 Å².